The summed E-state index contributed by atoms with van der Waals surface area (Å²) in [6.45, 7) is 2.65. The fourth-order valence-electron chi connectivity index (χ4n) is 3.64. The fraction of sp³-hybridized carbons (Fsp3) is 0.600. The van der Waals surface area contributed by atoms with E-state index in [1.807, 2.05) is 6.92 Å². The van der Waals surface area contributed by atoms with E-state index in [0.29, 0.717) is 16.5 Å². The van der Waals surface area contributed by atoms with Crippen molar-refractivity contribution >= 4 is 17.5 Å². The highest BCUT2D eigenvalue weighted by Crippen LogP contribution is 2.47. The van der Waals surface area contributed by atoms with Crippen LogP contribution in [0.5, 0.6) is 0 Å². The van der Waals surface area contributed by atoms with E-state index in [1.165, 1.54) is 25.7 Å². The van der Waals surface area contributed by atoms with Crippen LogP contribution in [0.4, 0.5) is 0 Å². The van der Waals surface area contributed by atoms with Crippen LogP contribution in [0.15, 0.2) is 12.3 Å². The zero-order valence-corrected chi connectivity index (χ0v) is 11.9. The second-order valence-electron chi connectivity index (χ2n) is 5.95. The number of hydrogen-bond acceptors (Lipinski definition) is 2. The van der Waals surface area contributed by atoms with E-state index in [0.717, 1.165) is 24.1 Å². The summed E-state index contributed by atoms with van der Waals surface area (Å²) in [6, 6.07) is 1.73. The third kappa shape index (κ3) is 2.62. The summed E-state index contributed by atoms with van der Waals surface area (Å²) in [7, 11) is 0. The Kier molecular flexibility index (Phi) is 3.48. The molecule has 0 spiro atoms. The Balaban J connectivity index is 1.59. The van der Waals surface area contributed by atoms with Crippen LogP contribution >= 0.6 is 11.6 Å². The number of amides is 1. The van der Waals surface area contributed by atoms with Gasteiger partial charge in [0.2, 0.25) is 0 Å². The van der Waals surface area contributed by atoms with Crippen molar-refractivity contribution < 1.29 is 4.79 Å². The van der Waals surface area contributed by atoms with Crippen molar-refractivity contribution in [2.45, 2.75) is 32.6 Å². The lowest BCUT2D eigenvalue weighted by Crippen LogP contribution is -2.31. The third-order valence-electron chi connectivity index (χ3n) is 4.64. The standard InChI is InChI=1S/C15H19ClN2O/c1-9-4-14(16)13(8-17-9)15(19)18-7-12-6-10-2-3-11(12)5-10/h4,8,10-12H,2-3,5-7H2,1H3,(H,18,19). The number of fused-ring (bicyclic) bond motifs is 2. The summed E-state index contributed by atoms with van der Waals surface area (Å²) in [5, 5.41) is 3.51. The van der Waals surface area contributed by atoms with Gasteiger partial charge < -0.3 is 5.32 Å². The lowest BCUT2D eigenvalue weighted by Gasteiger charge is -2.21. The highest BCUT2D eigenvalue weighted by atomic mass is 35.5. The number of rotatable bonds is 3. The molecule has 1 heterocycles. The number of aromatic nitrogens is 1. The van der Waals surface area contributed by atoms with Gasteiger partial charge >= 0.3 is 0 Å². The van der Waals surface area contributed by atoms with Gasteiger partial charge in [-0.25, -0.2) is 0 Å². The summed E-state index contributed by atoms with van der Waals surface area (Å²) in [5.41, 5.74) is 1.31. The van der Waals surface area contributed by atoms with Crippen molar-refractivity contribution in [3.63, 3.8) is 0 Å². The van der Waals surface area contributed by atoms with E-state index in [1.54, 1.807) is 12.3 Å². The average molecular weight is 279 g/mol. The molecule has 19 heavy (non-hydrogen) atoms. The van der Waals surface area contributed by atoms with Crippen LogP contribution < -0.4 is 5.32 Å². The molecule has 102 valence electrons. The molecule has 1 amide bonds. The molecule has 2 bridgehead atoms. The summed E-state index contributed by atoms with van der Waals surface area (Å²) in [6.07, 6.45) is 6.95. The fourth-order valence-corrected chi connectivity index (χ4v) is 3.93. The van der Waals surface area contributed by atoms with Gasteiger partial charge in [-0.2, -0.15) is 0 Å². The van der Waals surface area contributed by atoms with Crippen LogP contribution in [-0.2, 0) is 0 Å². The molecule has 3 unspecified atom stereocenters. The van der Waals surface area contributed by atoms with Crippen molar-refractivity contribution in [1.29, 1.82) is 0 Å². The molecule has 0 aromatic carbocycles. The quantitative estimate of drug-likeness (QED) is 0.922. The molecule has 3 rings (SSSR count). The van der Waals surface area contributed by atoms with E-state index in [2.05, 4.69) is 10.3 Å². The van der Waals surface area contributed by atoms with Crippen LogP contribution in [0, 0.1) is 24.7 Å². The van der Waals surface area contributed by atoms with Gasteiger partial charge in [0.05, 0.1) is 10.6 Å². The van der Waals surface area contributed by atoms with E-state index < -0.39 is 0 Å². The zero-order valence-electron chi connectivity index (χ0n) is 11.2. The number of carbonyl (C=O) groups is 1. The van der Waals surface area contributed by atoms with Gasteiger partial charge in [-0.1, -0.05) is 18.0 Å². The number of carbonyl (C=O) groups excluding carboxylic acids is 1. The highest BCUT2D eigenvalue weighted by molar-refractivity contribution is 6.33. The van der Waals surface area contributed by atoms with Crippen LogP contribution in [-0.4, -0.2) is 17.4 Å². The molecule has 2 aliphatic carbocycles. The molecule has 1 aromatic rings. The Morgan fingerprint density at radius 1 is 1.47 bits per heavy atom. The molecular formula is C15H19ClN2O. The molecule has 4 heteroatoms. The minimum absolute atomic E-state index is 0.0970. The lowest BCUT2D eigenvalue weighted by atomic mass is 9.89. The van der Waals surface area contributed by atoms with E-state index in [9.17, 15) is 4.79 Å². The molecule has 2 aliphatic rings. The predicted molar refractivity (Wildman–Crippen MR) is 75.3 cm³/mol. The molecule has 2 saturated carbocycles. The number of aryl methyl sites for hydroxylation is 1. The van der Waals surface area contributed by atoms with E-state index in [-0.39, 0.29) is 5.91 Å². The van der Waals surface area contributed by atoms with E-state index in [4.69, 9.17) is 11.6 Å². The minimum atomic E-state index is -0.0970. The Labute approximate surface area is 118 Å². The number of halogens is 1. The Morgan fingerprint density at radius 3 is 2.95 bits per heavy atom. The first-order valence-corrected chi connectivity index (χ1v) is 7.41. The molecule has 0 saturated heterocycles. The highest BCUT2D eigenvalue weighted by Gasteiger charge is 2.39. The maximum Gasteiger partial charge on any atom is 0.254 e. The summed E-state index contributed by atoms with van der Waals surface area (Å²) >= 11 is 6.08. The molecule has 2 fully saturated rings. The van der Waals surface area contributed by atoms with Gasteiger partial charge in [0.15, 0.2) is 0 Å². The van der Waals surface area contributed by atoms with Gasteiger partial charge in [-0.15, -0.1) is 0 Å². The molecule has 3 nitrogen and oxygen atoms in total. The van der Waals surface area contributed by atoms with Crippen molar-refractivity contribution in [2.24, 2.45) is 17.8 Å². The molecule has 0 aliphatic heterocycles. The summed E-state index contributed by atoms with van der Waals surface area (Å²) < 4.78 is 0. The van der Waals surface area contributed by atoms with Crippen molar-refractivity contribution in [3.05, 3.63) is 28.5 Å². The molecular weight excluding hydrogens is 260 g/mol. The van der Waals surface area contributed by atoms with Crippen molar-refractivity contribution in [1.82, 2.24) is 10.3 Å². The second-order valence-corrected chi connectivity index (χ2v) is 6.36. The lowest BCUT2D eigenvalue weighted by molar-refractivity contribution is 0.0941. The van der Waals surface area contributed by atoms with Crippen LogP contribution in [0.2, 0.25) is 5.02 Å². The summed E-state index contributed by atoms with van der Waals surface area (Å²) in [4.78, 5) is 16.2. The van der Waals surface area contributed by atoms with E-state index >= 15 is 0 Å². The number of nitrogens with zero attached hydrogens (tertiary/aromatic N) is 1. The van der Waals surface area contributed by atoms with Crippen LogP contribution in [0.1, 0.15) is 41.7 Å². The largest absolute Gasteiger partial charge is 0.352 e. The number of hydrogen-bond donors (Lipinski definition) is 1. The Bertz CT molecular complexity index is 503. The third-order valence-corrected chi connectivity index (χ3v) is 4.96. The average Bonchev–Trinajstić information content (AvgIpc) is 2.98. The van der Waals surface area contributed by atoms with Gasteiger partial charge in [-0.3, -0.25) is 9.78 Å². The van der Waals surface area contributed by atoms with Gasteiger partial charge in [0, 0.05) is 18.4 Å². The maximum absolute atomic E-state index is 12.1. The maximum atomic E-state index is 12.1. The molecule has 0 radical (unpaired) electrons. The zero-order chi connectivity index (χ0) is 13.4. The molecule has 3 atom stereocenters. The Hall–Kier alpha value is -1.09. The topological polar surface area (TPSA) is 42.0 Å². The SMILES string of the molecule is Cc1cc(Cl)c(C(=O)NCC2CC3CCC2C3)cn1. The number of pyridine rings is 1. The van der Waals surface area contributed by atoms with Crippen LogP contribution in [0.3, 0.4) is 0 Å². The monoisotopic (exact) mass is 278 g/mol. The Morgan fingerprint density at radius 2 is 2.32 bits per heavy atom. The minimum Gasteiger partial charge on any atom is -0.352 e. The predicted octanol–water partition coefficient (Wildman–Crippen LogP) is 3.21. The molecule has 1 aromatic heterocycles. The first kappa shape index (κ1) is 12.9. The van der Waals surface area contributed by atoms with Crippen molar-refractivity contribution in [3.8, 4) is 0 Å². The second kappa shape index (κ2) is 5.12. The smallest absolute Gasteiger partial charge is 0.254 e. The summed E-state index contributed by atoms with van der Waals surface area (Å²) in [5.74, 6) is 2.31. The first-order valence-electron chi connectivity index (χ1n) is 7.04. The normalized spacial score (nSPS) is 28.6. The van der Waals surface area contributed by atoms with Gasteiger partial charge in [0.1, 0.15) is 0 Å². The van der Waals surface area contributed by atoms with Gasteiger partial charge in [-0.05, 0) is 50.0 Å². The van der Waals surface area contributed by atoms with Crippen LogP contribution in [0.25, 0.3) is 0 Å². The first-order chi connectivity index (χ1) is 9.13. The number of nitrogens with one attached hydrogen (secondary N) is 1. The molecule has 1 N–H and O–H groups in total. The van der Waals surface area contributed by atoms with Crippen molar-refractivity contribution in [2.75, 3.05) is 6.54 Å². The van der Waals surface area contributed by atoms with Gasteiger partial charge in [0.25, 0.3) is 5.91 Å².